The van der Waals surface area contributed by atoms with Gasteiger partial charge in [-0.25, -0.2) is 0 Å². The van der Waals surface area contributed by atoms with E-state index < -0.39 is 0 Å². The van der Waals surface area contributed by atoms with E-state index in [0.717, 1.165) is 44.0 Å². The molecule has 0 saturated heterocycles. The van der Waals surface area contributed by atoms with E-state index in [1.165, 1.54) is 30.4 Å². The summed E-state index contributed by atoms with van der Waals surface area (Å²) in [6.45, 7) is 4.23. The van der Waals surface area contributed by atoms with E-state index in [4.69, 9.17) is 0 Å². The quantitative estimate of drug-likeness (QED) is 0.886. The molecule has 0 atom stereocenters. The number of fused-ring (bicyclic) bond motifs is 1. The van der Waals surface area contributed by atoms with Gasteiger partial charge in [-0.3, -0.25) is 4.79 Å². The highest BCUT2D eigenvalue weighted by molar-refractivity contribution is 5.92. The van der Waals surface area contributed by atoms with Crippen molar-refractivity contribution in [3.05, 3.63) is 29.3 Å². The third kappa shape index (κ3) is 4.02. The SMILES string of the molecule is CCC1CCC(C(=O)Nc2ccc3c(c2)CNCC3)CC1.Cl. The van der Waals surface area contributed by atoms with Crippen molar-refractivity contribution in [2.45, 2.75) is 52.0 Å². The Morgan fingerprint density at radius 2 is 2.00 bits per heavy atom. The Morgan fingerprint density at radius 3 is 2.73 bits per heavy atom. The van der Waals surface area contributed by atoms with Crippen LogP contribution in [0.4, 0.5) is 5.69 Å². The lowest BCUT2D eigenvalue weighted by atomic mass is 9.80. The van der Waals surface area contributed by atoms with Gasteiger partial charge in [0.15, 0.2) is 0 Å². The molecule has 3 nitrogen and oxygen atoms in total. The summed E-state index contributed by atoms with van der Waals surface area (Å²) >= 11 is 0. The molecule has 122 valence electrons. The van der Waals surface area contributed by atoms with Gasteiger partial charge in [0.1, 0.15) is 0 Å². The fourth-order valence-corrected chi connectivity index (χ4v) is 3.64. The number of amides is 1. The van der Waals surface area contributed by atoms with Gasteiger partial charge in [0.2, 0.25) is 5.91 Å². The van der Waals surface area contributed by atoms with Crippen molar-refractivity contribution in [1.82, 2.24) is 5.32 Å². The average molecular weight is 323 g/mol. The number of benzene rings is 1. The number of carbonyl (C=O) groups excluding carboxylic acids is 1. The van der Waals surface area contributed by atoms with Crippen LogP contribution in [0, 0.1) is 11.8 Å². The summed E-state index contributed by atoms with van der Waals surface area (Å²) in [4.78, 5) is 12.4. The van der Waals surface area contributed by atoms with Gasteiger partial charge in [0.05, 0.1) is 0 Å². The Balaban J connectivity index is 0.00000176. The van der Waals surface area contributed by atoms with Crippen LogP contribution in [0.5, 0.6) is 0 Å². The molecule has 1 heterocycles. The molecule has 3 rings (SSSR count). The minimum absolute atomic E-state index is 0. The minimum Gasteiger partial charge on any atom is -0.326 e. The topological polar surface area (TPSA) is 41.1 Å². The van der Waals surface area contributed by atoms with Crippen LogP contribution in [0.3, 0.4) is 0 Å². The number of halogens is 1. The zero-order valence-corrected chi connectivity index (χ0v) is 14.2. The van der Waals surface area contributed by atoms with Crippen LogP contribution in [0.15, 0.2) is 18.2 Å². The molecule has 1 amide bonds. The maximum absolute atomic E-state index is 12.4. The van der Waals surface area contributed by atoms with Gasteiger partial charge in [0.25, 0.3) is 0 Å². The zero-order chi connectivity index (χ0) is 14.7. The molecule has 0 aromatic heterocycles. The smallest absolute Gasteiger partial charge is 0.227 e. The van der Waals surface area contributed by atoms with E-state index in [-0.39, 0.29) is 24.2 Å². The van der Waals surface area contributed by atoms with Crippen LogP contribution in [0.25, 0.3) is 0 Å². The molecule has 1 aliphatic heterocycles. The highest BCUT2D eigenvalue weighted by atomic mass is 35.5. The van der Waals surface area contributed by atoms with Crippen LogP contribution < -0.4 is 10.6 Å². The van der Waals surface area contributed by atoms with Gasteiger partial charge in [-0.15, -0.1) is 12.4 Å². The van der Waals surface area contributed by atoms with Crippen LogP contribution in [-0.4, -0.2) is 12.5 Å². The molecule has 0 spiro atoms. The van der Waals surface area contributed by atoms with Crippen molar-refractivity contribution in [2.24, 2.45) is 11.8 Å². The number of hydrogen-bond donors (Lipinski definition) is 2. The summed E-state index contributed by atoms with van der Waals surface area (Å²) in [5, 5.41) is 6.51. The van der Waals surface area contributed by atoms with Gasteiger partial charge < -0.3 is 10.6 Å². The molecular weight excluding hydrogens is 296 g/mol. The molecule has 22 heavy (non-hydrogen) atoms. The standard InChI is InChI=1S/C18H26N2O.ClH/c1-2-13-3-5-15(6-4-13)18(21)20-17-8-7-14-9-10-19-12-16(14)11-17;/h7-8,11,13,15,19H,2-6,9-10,12H2,1H3,(H,20,21);1H. The normalized spacial score (nSPS) is 24.0. The van der Waals surface area contributed by atoms with Crippen LogP contribution in [0.1, 0.15) is 50.2 Å². The van der Waals surface area contributed by atoms with Gasteiger partial charge >= 0.3 is 0 Å². The van der Waals surface area contributed by atoms with Gasteiger partial charge in [-0.2, -0.15) is 0 Å². The van der Waals surface area contributed by atoms with Gasteiger partial charge in [-0.05, 0) is 67.8 Å². The second kappa shape index (κ2) is 7.98. The summed E-state index contributed by atoms with van der Waals surface area (Å²) in [5.41, 5.74) is 3.70. The Bertz CT molecular complexity index is 510. The molecule has 1 saturated carbocycles. The number of anilines is 1. The molecule has 0 radical (unpaired) electrons. The molecule has 1 aromatic rings. The molecule has 1 fully saturated rings. The van der Waals surface area contributed by atoms with Crippen molar-refractivity contribution < 1.29 is 4.79 Å². The lowest BCUT2D eigenvalue weighted by Gasteiger charge is -2.27. The van der Waals surface area contributed by atoms with E-state index in [1.54, 1.807) is 0 Å². The first kappa shape index (κ1) is 17.3. The molecule has 0 unspecified atom stereocenters. The van der Waals surface area contributed by atoms with E-state index in [0.29, 0.717) is 0 Å². The summed E-state index contributed by atoms with van der Waals surface area (Å²) < 4.78 is 0. The Morgan fingerprint density at radius 1 is 1.23 bits per heavy atom. The predicted molar refractivity (Wildman–Crippen MR) is 93.5 cm³/mol. The van der Waals surface area contributed by atoms with Gasteiger partial charge in [-0.1, -0.05) is 19.4 Å². The summed E-state index contributed by atoms with van der Waals surface area (Å²) in [5.74, 6) is 1.26. The third-order valence-electron chi connectivity index (χ3n) is 5.16. The van der Waals surface area contributed by atoms with E-state index in [1.807, 2.05) is 0 Å². The van der Waals surface area contributed by atoms with Crippen molar-refractivity contribution in [3.8, 4) is 0 Å². The Kier molecular flexibility index (Phi) is 6.27. The van der Waals surface area contributed by atoms with E-state index in [2.05, 4.69) is 35.8 Å². The molecule has 4 heteroatoms. The molecular formula is C18H27ClN2O. The predicted octanol–water partition coefficient (Wildman–Crippen LogP) is 3.91. The molecule has 0 bridgehead atoms. The Hall–Kier alpha value is -1.06. The summed E-state index contributed by atoms with van der Waals surface area (Å²) in [7, 11) is 0. The maximum Gasteiger partial charge on any atom is 0.227 e. The first-order chi connectivity index (χ1) is 10.3. The fourth-order valence-electron chi connectivity index (χ4n) is 3.64. The number of rotatable bonds is 3. The fraction of sp³-hybridized carbons (Fsp3) is 0.611. The highest BCUT2D eigenvalue weighted by Crippen LogP contribution is 2.31. The van der Waals surface area contributed by atoms with Crippen molar-refractivity contribution in [1.29, 1.82) is 0 Å². The number of carbonyl (C=O) groups is 1. The second-order valence-corrected chi connectivity index (χ2v) is 6.53. The molecule has 2 N–H and O–H groups in total. The van der Waals surface area contributed by atoms with Crippen LogP contribution >= 0.6 is 12.4 Å². The Labute approximate surface area is 139 Å². The molecule has 2 aliphatic rings. The second-order valence-electron chi connectivity index (χ2n) is 6.53. The highest BCUT2D eigenvalue weighted by Gasteiger charge is 2.25. The largest absolute Gasteiger partial charge is 0.326 e. The summed E-state index contributed by atoms with van der Waals surface area (Å²) in [6, 6.07) is 6.36. The number of hydrogen-bond acceptors (Lipinski definition) is 2. The zero-order valence-electron chi connectivity index (χ0n) is 13.4. The van der Waals surface area contributed by atoms with Gasteiger partial charge in [0, 0.05) is 18.2 Å². The van der Waals surface area contributed by atoms with Crippen molar-refractivity contribution >= 4 is 24.0 Å². The third-order valence-corrected chi connectivity index (χ3v) is 5.16. The van der Waals surface area contributed by atoms with Crippen LogP contribution in [0.2, 0.25) is 0 Å². The molecule has 1 aliphatic carbocycles. The van der Waals surface area contributed by atoms with Crippen molar-refractivity contribution in [3.63, 3.8) is 0 Å². The van der Waals surface area contributed by atoms with Crippen molar-refractivity contribution in [2.75, 3.05) is 11.9 Å². The average Bonchev–Trinajstić information content (AvgIpc) is 2.55. The first-order valence-electron chi connectivity index (χ1n) is 8.39. The van der Waals surface area contributed by atoms with Crippen LogP contribution in [-0.2, 0) is 17.8 Å². The van der Waals surface area contributed by atoms with E-state index in [9.17, 15) is 4.79 Å². The van der Waals surface area contributed by atoms with E-state index >= 15 is 0 Å². The minimum atomic E-state index is 0. The first-order valence-corrected chi connectivity index (χ1v) is 8.39. The monoisotopic (exact) mass is 322 g/mol. The lowest BCUT2D eigenvalue weighted by molar-refractivity contribution is -0.121. The summed E-state index contributed by atoms with van der Waals surface area (Å²) in [6.07, 6.45) is 6.87. The maximum atomic E-state index is 12.4. The lowest BCUT2D eigenvalue weighted by Crippen LogP contribution is -2.27. The number of nitrogens with one attached hydrogen (secondary N) is 2. The molecule has 1 aromatic carbocycles.